The molecule has 3 nitrogen and oxygen atoms in total. The van der Waals surface area contributed by atoms with Gasteiger partial charge in [-0.2, -0.15) is 0 Å². The van der Waals surface area contributed by atoms with Crippen LogP contribution in [0.5, 0.6) is 0 Å². The smallest absolute Gasteiger partial charge is 0.269 e. The molecule has 0 spiro atoms. The molecule has 0 amide bonds. The van der Waals surface area contributed by atoms with Crippen LogP contribution in [-0.2, 0) is 13.5 Å². The number of rotatable bonds is 1. The Balaban J connectivity index is 0. The molecule has 0 unspecified atom stereocenters. The van der Waals surface area contributed by atoms with E-state index in [0.717, 1.165) is 0 Å². The Morgan fingerprint density at radius 3 is 1.91 bits per heavy atom. The van der Waals surface area contributed by atoms with Gasteiger partial charge in [-0.15, -0.1) is 0 Å². The van der Waals surface area contributed by atoms with Crippen molar-refractivity contribution in [1.29, 1.82) is 0 Å². The number of non-ortho nitro benzene ring substituents is 1. The fraction of sp³-hybridized carbons (Fsp3) is 0. The molecule has 0 fully saturated rings. The number of hydrogen-bond donors (Lipinski definition) is 0. The Bertz CT molecular complexity index is 217. The van der Waals surface area contributed by atoms with Crippen LogP contribution in [0.4, 0.5) is 5.69 Å². The molecule has 0 aliphatic carbocycles. The van der Waals surface area contributed by atoms with Crippen LogP contribution in [-0.4, -0.2) is 4.92 Å². The van der Waals surface area contributed by atoms with Crippen LogP contribution < -0.4 is 12.4 Å². The average molecular weight is 194 g/mol. The van der Waals surface area contributed by atoms with Crippen molar-refractivity contribution in [3.05, 3.63) is 40.4 Å². The summed E-state index contributed by atoms with van der Waals surface area (Å²) in [5, 5.41) is 10.0. The van der Waals surface area contributed by atoms with E-state index < -0.39 is 4.92 Å². The second-order valence-electron chi connectivity index (χ2n) is 1.59. The molecule has 11 heavy (non-hydrogen) atoms. The van der Waals surface area contributed by atoms with Gasteiger partial charge in [-0.05, 0) is 0 Å². The number of halogens is 1. The first-order valence-corrected chi connectivity index (χ1v) is 2.50. The SMILES string of the molecule is O=[N+]([O-])c1ccccc1.[Cl-].[SH3+]. The highest BCUT2D eigenvalue weighted by molar-refractivity contribution is 7.37. The van der Waals surface area contributed by atoms with Gasteiger partial charge >= 0.3 is 0 Å². The average Bonchev–Trinajstić information content (AvgIpc) is 1.90. The molecule has 0 radical (unpaired) electrons. The quantitative estimate of drug-likeness (QED) is 0.289. The maximum absolute atomic E-state index is 10.0. The second-order valence-corrected chi connectivity index (χ2v) is 1.59. The topological polar surface area (TPSA) is 43.1 Å². The highest BCUT2D eigenvalue weighted by Gasteiger charge is 1.98. The third kappa shape index (κ3) is 3.85. The minimum atomic E-state index is -0.417. The lowest BCUT2D eigenvalue weighted by atomic mass is 10.3. The van der Waals surface area contributed by atoms with Crippen LogP contribution in [0.3, 0.4) is 0 Å². The van der Waals surface area contributed by atoms with Crippen molar-refractivity contribution in [2.24, 2.45) is 0 Å². The van der Waals surface area contributed by atoms with E-state index in [1.54, 1.807) is 18.2 Å². The van der Waals surface area contributed by atoms with Crippen molar-refractivity contribution in [2.45, 2.75) is 0 Å². The molecule has 0 N–H and O–H groups in total. The minimum Gasteiger partial charge on any atom is -1.00 e. The number of para-hydroxylation sites is 1. The van der Waals surface area contributed by atoms with Gasteiger partial charge in [0.2, 0.25) is 0 Å². The van der Waals surface area contributed by atoms with Crippen molar-refractivity contribution in [1.82, 2.24) is 0 Å². The summed E-state index contributed by atoms with van der Waals surface area (Å²) in [5.74, 6) is 0. The summed E-state index contributed by atoms with van der Waals surface area (Å²) in [6, 6.07) is 7.93. The molecule has 0 saturated heterocycles. The molecule has 1 rings (SSSR count). The predicted octanol–water partition coefficient (Wildman–Crippen LogP) is -2.21. The van der Waals surface area contributed by atoms with Gasteiger partial charge in [-0.3, -0.25) is 10.1 Å². The van der Waals surface area contributed by atoms with Gasteiger partial charge < -0.3 is 12.4 Å². The van der Waals surface area contributed by atoms with Crippen LogP contribution in [0.15, 0.2) is 30.3 Å². The number of hydrogen-bond acceptors (Lipinski definition) is 2. The minimum absolute atomic E-state index is 0. The first-order chi connectivity index (χ1) is 4.30. The van der Waals surface area contributed by atoms with Crippen LogP contribution >= 0.6 is 0 Å². The molecule has 5 heteroatoms. The maximum atomic E-state index is 10.0. The molecule has 0 aromatic heterocycles. The van der Waals surface area contributed by atoms with Gasteiger partial charge in [-0.25, -0.2) is 0 Å². The fourth-order valence-electron chi connectivity index (χ4n) is 0.550. The summed E-state index contributed by atoms with van der Waals surface area (Å²) in [4.78, 5) is 9.59. The molecular weight excluding hydrogens is 186 g/mol. The van der Waals surface area contributed by atoms with E-state index in [1.807, 2.05) is 0 Å². The predicted molar refractivity (Wildman–Crippen MR) is 44.6 cm³/mol. The monoisotopic (exact) mass is 193 g/mol. The van der Waals surface area contributed by atoms with Crippen molar-refractivity contribution < 1.29 is 17.3 Å². The Kier molecular flexibility index (Phi) is 7.04. The fourth-order valence-corrected chi connectivity index (χ4v) is 0.550. The largest absolute Gasteiger partial charge is 1.00 e. The van der Waals surface area contributed by atoms with Crippen LogP contribution in [0.1, 0.15) is 0 Å². The number of nitro groups is 1. The Labute approximate surface area is 77.4 Å². The van der Waals surface area contributed by atoms with E-state index >= 15 is 0 Å². The van der Waals surface area contributed by atoms with Crippen LogP contribution in [0.25, 0.3) is 0 Å². The summed E-state index contributed by atoms with van der Waals surface area (Å²) in [6.07, 6.45) is 0. The van der Waals surface area contributed by atoms with Crippen LogP contribution in [0.2, 0.25) is 0 Å². The number of benzene rings is 1. The Hall–Kier alpha value is -0.740. The molecule has 0 atom stereocenters. The third-order valence-electron chi connectivity index (χ3n) is 0.967. The highest BCUT2D eigenvalue weighted by atomic mass is 35.5. The van der Waals surface area contributed by atoms with Crippen molar-refractivity contribution in [3.8, 4) is 0 Å². The van der Waals surface area contributed by atoms with E-state index in [2.05, 4.69) is 0 Å². The molecule has 0 saturated carbocycles. The summed E-state index contributed by atoms with van der Waals surface area (Å²) in [5.41, 5.74) is 0.137. The van der Waals surface area contributed by atoms with Gasteiger partial charge in [0.25, 0.3) is 5.69 Å². The molecule has 1 aromatic rings. The lowest BCUT2D eigenvalue weighted by molar-refractivity contribution is -0.384. The summed E-state index contributed by atoms with van der Waals surface area (Å²) in [7, 11) is 0. The second kappa shape index (κ2) is 6.00. The first kappa shape index (κ1) is 12.9. The van der Waals surface area contributed by atoms with Crippen molar-refractivity contribution >= 4 is 19.2 Å². The normalized spacial score (nSPS) is 7.27. The molecular formula is C6H8ClNO2S. The highest BCUT2D eigenvalue weighted by Crippen LogP contribution is 2.06. The zero-order valence-electron chi connectivity index (χ0n) is 5.61. The van der Waals surface area contributed by atoms with E-state index in [4.69, 9.17) is 0 Å². The summed E-state index contributed by atoms with van der Waals surface area (Å²) in [6.45, 7) is 0. The summed E-state index contributed by atoms with van der Waals surface area (Å²) >= 11 is 0. The Morgan fingerprint density at radius 2 is 1.64 bits per heavy atom. The standard InChI is InChI=1S/C6H5NO2.ClH.H2S/c8-7(9)6-4-2-1-3-5-6;;/h1-5H;1H;1H2. The molecule has 0 aliphatic rings. The van der Waals surface area contributed by atoms with Crippen molar-refractivity contribution in [3.63, 3.8) is 0 Å². The molecule has 62 valence electrons. The van der Waals surface area contributed by atoms with Gasteiger partial charge in [-0.1, -0.05) is 31.7 Å². The maximum Gasteiger partial charge on any atom is 0.269 e. The van der Waals surface area contributed by atoms with E-state index in [1.165, 1.54) is 12.1 Å². The number of nitro benzene ring substituents is 1. The molecule has 0 aliphatic heterocycles. The van der Waals surface area contributed by atoms with Gasteiger partial charge in [0, 0.05) is 12.1 Å². The molecule has 0 heterocycles. The van der Waals surface area contributed by atoms with Gasteiger partial charge in [0.1, 0.15) is 0 Å². The third-order valence-corrected chi connectivity index (χ3v) is 0.967. The lowest BCUT2D eigenvalue weighted by Gasteiger charge is -1.85. The van der Waals surface area contributed by atoms with Crippen LogP contribution in [0, 0.1) is 10.1 Å². The summed E-state index contributed by atoms with van der Waals surface area (Å²) < 4.78 is 0. The van der Waals surface area contributed by atoms with Gasteiger partial charge in [0.05, 0.1) is 4.92 Å². The van der Waals surface area contributed by atoms with E-state index in [0.29, 0.717) is 0 Å². The Morgan fingerprint density at radius 1 is 1.18 bits per heavy atom. The van der Waals surface area contributed by atoms with E-state index in [9.17, 15) is 10.1 Å². The van der Waals surface area contributed by atoms with Gasteiger partial charge in [0.15, 0.2) is 0 Å². The first-order valence-electron chi connectivity index (χ1n) is 2.50. The number of nitrogens with zero attached hydrogens (tertiary/aromatic N) is 1. The zero-order chi connectivity index (χ0) is 6.69. The molecule has 0 bridgehead atoms. The van der Waals surface area contributed by atoms with Crippen molar-refractivity contribution in [2.75, 3.05) is 0 Å². The molecule has 1 aromatic carbocycles. The lowest BCUT2D eigenvalue weighted by Crippen LogP contribution is -3.00. The zero-order valence-corrected chi connectivity index (χ0v) is 7.52. The van der Waals surface area contributed by atoms with E-state index in [-0.39, 0.29) is 31.6 Å².